The van der Waals surface area contributed by atoms with Gasteiger partial charge in [-0.1, -0.05) is 37.5 Å². The van der Waals surface area contributed by atoms with Gasteiger partial charge in [0.15, 0.2) is 0 Å². The van der Waals surface area contributed by atoms with Gasteiger partial charge in [-0.15, -0.1) is 0 Å². The molecular formula is C14H21O4P. The molecule has 5 heteroatoms. The van der Waals surface area contributed by atoms with Crippen molar-refractivity contribution in [1.82, 2.24) is 0 Å². The molecule has 2 rings (SSSR count). The van der Waals surface area contributed by atoms with Crippen LogP contribution in [0.25, 0.3) is 0 Å². The van der Waals surface area contributed by atoms with Gasteiger partial charge in [0.05, 0.1) is 0 Å². The van der Waals surface area contributed by atoms with Crippen LogP contribution in [0.1, 0.15) is 48.8 Å². The Kier molecular flexibility index (Phi) is 4.17. The summed E-state index contributed by atoms with van der Waals surface area (Å²) in [5.41, 5.74) is 2.29. The van der Waals surface area contributed by atoms with E-state index in [0.29, 0.717) is 12.8 Å². The Balaban J connectivity index is 2.48. The fourth-order valence-electron chi connectivity index (χ4n) is 3.01. The molecule has 0 aliphatic heterocycles. The van der Waals surface area contributed by atoms with Crippen LogP contribution in [-0.2, 0) is 14.7 Å². The Morgan fingerprint density at radius 2 is 1.79 bits per heavy atom. The summed E-state index contributed by atoms with van der Waals surface area (Å²) in [5, 5.41) is 0. The first kappa shape index (κ1) is 14.7. The summed E-state index contributed by atoms with van der Waals surface area (Å²) in [6, 6.07) is 5.87. The lowest BCUT2D eigenvalue weighted by Crippen LogP contribution is -2.32. The Morgan fingerprint density at radius 1 is 1.16 bits per heavy atom. The minimum absolute atomic E-state index is 0.669. The van der Waals surface area contributed by atoms with Gasteiger partial charge in [0, 0.05) is 0 Å². The number of hydrogen-bond acceptors (Lipinski definition) is 2. The van der Waals surface area contributed by atoms with Crippen LogP contribution >= 0.6 is 7.82 Å². The molecule has 1 aliphatic rings. The van der Waals surface area contributed by atoms with E-state index in [1.165, 1.54) is 0 Å². The quantitative estimate of drug-likeness (QED) is 0.833. The average Bonchev–Trinajstić information content (AvgIpc) is 2.31. The molecule has 19 heavy (non-hydrogen) atoms. The second-order valence-corrected chi connectivity index (χ2v) is 6.55. The molecular weight excluding hydrogens is 263 g/mol. The zero-order valence-electron chi connectivity index (χ0n) is 11.4. The molecule has 0 spiro atoms. The molecule has 1 saturated carbocycles. The lowest BCUT2D eigenvalue weighted by atomic mass is 9.77. The van der Waals surface area contributed by atoms with Crippen LogP contribution in [0, 0.1) is 13.8 Å². The van der Waals surface area contributed by atoms with E-state index in [9.17, 15) is 14.4 Å². The van der Waals surface area contributed by atoms with Gasteiger partial charge in [-0.05, 0) is 43.4 Å². The van der Waals surface area contributed by atoms with E-state index in [4.69, 9.17) is 4.52 Å². The normalized spacial score (nSPS) is 19.4. The molecule has 0 heterocycles. The topological polar surface area (TPSA) is 66.8 Å². The van der Waals surface area contributed by atoms with Crippen LogP contribution in [0.2, 0.25) is 0 Å². The SMILES string of the molecule is Cc1cccc(C2(OP(=O)(O)O)CCCCC2)c1C. The highest BCUT2D eigenvalue weighted by Crippen LogP contribution is 2.52. The van der Waals surface area contributed by atoms with Crippen molar-refractivity contribution in [2.24, 2.45) is 0 Å². The van der Waals surface area contributed by atoms with E-state index in [1.807, 2.05) is 32.0 Å². The highest BCUT2D eigenvalue weighted by atomic mass is 31.2. The molecule has 0 saturated heterocycles. The molecule has 106 valence electrons. The Labute approximate surface area is 114 Å². The molecule has 1 aliphatic carbocycles. The lowest BCUT2D eigenvalue weighted by Gasteiger charge is -2.38. The Hall–Kier alpha value is -0.670. The first-order chi connectivity index (χ1) is 8.84. The molecule has 0 amide bonds. The maximum atomic E-state index is 11.3. The third kappa shape index (κ3) is 3.26. The van der Waals surface area contributed by atoms with Crippen molar-refractivity contribution >= 4 is 7.82 Å². The molecule has 4 nitrogen and oxygen atoms in total. The number of phosphoric ester groups is 1. The van der Waals surface area contributed by atoms with Crippen LogP contribution in [0.3, 0.4) is 0 Å². The van der Waals surface area contributed by atoms with Gasteiger partial charge in [-0.2, -0.15) is 0 Å². The van der Waals surface area contributed by atoms with E-state index >= 15 is 0 Å². The van der Waals surface area contributed by atoms with Gasteiger partial charge in [0.2, 0.25) is 0 Å². The first-order valence-electron chi connectivity index (χ1n) is 6.67. The maximum Gasteiger partial charge on any atom is 0.470 e. The molecule has 0 aromatic heterocycles. The van der Waals surface area contributed by atoms with Gasteiger partial charge in [-0.3, -0.25) is 4.52 Å². The monoisotopic (exact) mass is 284 g/mol. The number of aryl methyl sites for hydroxylation is 1. The smallest absolute Gasteiger partial charge is 0.303 e. The summed E-state index contributed by atoms with van der Waals surface area (Å²) >= 11 is 0. The third-order valence-corrected chi connectivity index (χ3v) is 4.64. The van der Waals surface area contributed by atoms with Crippen molar-refractivity contribution in [2.75, 3.05) is 0 Å². The average molecular weight is 284 g/mol. The summed E-state index contributed by atoms with van der Waals surface area (Å²) < 4.78 is 16.6. The number of phosphoric acid groups is 1. The van der Waals surface area contributed by atoms with Crippen LogP contribution < -0.4 is 0 Å². The third-order valence-electron chi connectivity index (χ3n) is 4.05. The molecule has 0 unspecified atom stereocenters. The number of hydrogen-bond donors (Lipinski definition) is 2. The molecule has 1 aromatic carbocycles. The minimum atomic E-state index is -4.50. The van der Waals surface area contributed by atoms with E-state index < -0.39 is 13.4 Å². The van der Waals surface area contributed by atoms with Crippen LogP contribution in [0.15, 0.2) is 18.2 Å². The van der Waals surface area contributed by atoms with Crippen molar-refractivity contribution in [1.29, 1.82) is 0 Å². The zero-order valence-corrected chi connectivity index (χ0v) is 12.3. The standard InChI is InChI=1S/C14H21O4P/c1-11-7-6-8-13(12(11)2)14(18-19(15,16)17)9-4-3-5-10-14/h6-8H,3-5,9-10H2,1-2H3,(H2,15,16,17). The van der Waals surface area contributed by atoms with E-state index in [1.54, 1.807) is 0 Å². The molecule has 1 fully saturated rings. The van der Waals surface area contributed by atoms with E-state index in [-0.39, 0.29) is 0 Å². The molecule has 2 N–H and O–H groups in total. The number of rotatable bonds is 3. The molecule has 0 atom stereocenters. The second kappa shape index (κ2) is 5.37. The largest absolute Gasteiger partial charge is 0.470 e. The van der Waals surface area contributed by atoms with Crippen LogP contribution in [0.5, 0.6) is 0 Å². The Bertz CT molecular complexity index is 500. The second-order valence-electron chi connectivity index (χ2n) is 5.38. The van der Waals surface area contributed by atoms with Crippen molar-refractivity contribution < 1.29 is 18.9 Å². The summed E-state index contributed by atoms with van der Waals surface area (Å²) in [7, 11) is -4.50. The van der Waals surface area contributed by atoms with Crippen LogP contribution in [0.4, 0.5) is 0 Å². The lowest BCUT2D eigenvalue weighted by molar-refractivity contribution is -0.00191. The maximum absolute atomic E-state index is 11.3. The minimum Gasteiger partial charge on any atom is -0.303 e. The van der Waals surface area contributed by atoms with Crippen molar-refractivity contribution in [3.63, 3.8) is 0 Å². The van der Waals surface area contributed by atoms with E-state index in [0.717, 1.165) is 36.0 Å². The number of benzene rings is 1. The molecule has 0 radical (unpaired) electrons. The highest BCUT2D eigenvalue weighted by Gasteiger charge is 2.41. The predicted molar refractivity (Wildman–Crippen MR) is 73.8 cm³/mol. The molecule has 0 bridgehead atoms. The van der Waals surface area contributed by atoms with Crippen molar-refractivity contribution in [3.05, 3.63) is 34.9 Å². The highest BCUT2D eigenvalue weighted by molar-refractivity contribution is 7.46. The Morgan fingerprint density at radius 3 is 2.37 bits per heavy atom. The van der Waals surface area contributed by atoms with Gasteiger partial charge in [0.1, 0.15) is 5.60 Å². The van der Waals surface area contributed by atoms with Gasteiger partial charge >= 0.3 is 7.82 Å². The van der Waals surface area contributed by atoms with Gasteiger partial charge in [0.25, 0.3) is 0 Å². The molecule has 1 aromatic rings. The predicted octanol–water partition coefficient (Wildman–Crippen LogP) is 3.57. The first-order valence-corrected chi connectivity index (χ1v) is 8.20. The van der Waals surface area contributed by atoms with Crippen molar-refractivity contribution in [2.45, 2.75) is 51.6 Å². The fraction of sp³-hybridized carbons (Fsp3) is 0.571. The summed E-state index contributed by atoms with van der Waals surface area (Å²) in [4.78, 5) is 18.5. The summed E-state index contributed by atoms with van der Waals surface area (Å²) in [5.74, 6) is 0. The zero-order chi connectivity index (χ0) is 14.1. The van der Waals surface area contributed by atoms with Gasteiger partial charge < -0.3 is 9.79 Å². The van der Waals surface area contributed by atoms with Crippen LogP contribution in [-0.4, -0.2) is 9.79 Å². The van der Waals surface area contributed by atoms with Crippen molar-refractivity contribution in [3.8, 4) is 0 Å². The summed E-state index contributed by atoms with van der Waals surface area (Å²) in [6.07, 6.45) is 4.31. The van der Waals surface area contributed by atoms with Gasteiger partial charge in [-0.25, -0.2) is 4.57 Å². The summed E-state index contributed by atoms with van der Waals surface area (Å²) in [6.45, 7) is 4.00. The van der Waals surface area contributed by atoms with E-state index in [2.05, 4.69) is 0 Å². The fourth-order valence-corrected chi connectivity index (χ4v) is 3.74.